The molecule has 0 radical (unpaired) electrons. The van der Waals surface area contributed by atoms with Gasteiger partial charge in [0.05, 0.1) is 17.7 Å². The number of methoxy groups -OCH3 is 1. The molecule has 1 N–H and O–H groups in total. The molecule has 0 fully saturated rings. The second-order valence-corrected chi connectivity index (χ2v) is 7.85. The van der Waals surface area contributed by atoms with Crippen molar-refractivity contribution in [2.45, 2.75) is 47.1 Å². The van der Waals surface area contributed by atoms with Gasteiger partial charge in [-0.15, -0.1) is 11.3 Å². The minimum atomic E-state index is -0.428. The quantitative estimate of drug-likeness (QED) is 0.619. The number of thiophene rings is 1. The molecule has 0 unspecified atom stereocenters. The van der Waals surface area contributed by atoms with Crippen LogP contribution in [-0.4, -0.2) is 43.5 Å². The highest BCUT2D eigenvalue weighted by Crippen LogP contribution is 2.29. The predicted molar refractivity (Wildman–Crippen MR) is 103 cm³/mol. The number of nitrogens with one attached hydrogen (secondary N) is 1. The first-order valence-corrected chi connectivity index (χ1v) is 9.21. The molecule has 1 aromatic rings. The van der Waals surface area contributed by atoms with Crippen LogP contribution in [0.3, 0.4) is 0 Å². The van der Waals surface area contributed by atoms with Crippen molar-refractivity contribution < 1.29 is 14.3 Å². The maximum atomic E-state index is 12.4. The molecule has 0 aliphatic carbocycles. The molecule has 25 heavy (non-hydrogen) atoms. The van der Waals surface area contributed by atoms with E-state index in [1.165, 1.54) is 18.4 Å². The number of amides is 1. The van der Waals surface area contributed by atoms with Gasteiger partial charge in [-0.25, -0.2) is 4.79 Å². The lowest BCUT2D eigenvalue weighted by Crippen LogP contribution is -2.40. The Morgan fingerprint density at radius 1 is 1.36 bits per heavy atom. The summed E-state index contributed by atoms with van der Waals surface area (Å²) in [6.45, 7) is 10.6. The van der Waals surface area contributed by atoms with Crippen molar-refractivity contribution in [3.63, 3.8) is 0 Å². The Bertz CT molecular complexity index is 677. The van der Waals surface area contributed by atoms with Crippen molar-refractivity contribution in [1.82, 2.24) is 4.90 Å². The molecule has 0 aliphatic rings. The Morgan fingerprint density at radius 2 is 2.00 bits per heavy atom. The Kier molecular flexibility index (Phi) is 7.50. The molecule has 138 valence electrons. The summed E-state index contributed by atoms with van der Waals surface area (Å²) in [5, 5.41) is 3.20. The number of likely N-dealkylation sites (N-methyl/N-ethyl adjacent to an activating group) is 1. The number of carbonyl (C=O) groups excluding carboxylic acids is 2. The van der Waals surface area contributed by atoms with E-state index in [2.05, 4.69) is 17.2 Å². The van der Waals surface area contributed by atoms with Crippen molar-refractivity contribution in [2.24, 2.45) is 5.41 Å². The third-order valence-corrected chi connectivity index (χ3v) is 4.58. The van der Waals surface area contributed by atoms with E-state index in [0.29, 0.717) is 23.5 Å². The summed E-state index contributed by atoms with van der Waals surface area (Å²) in [6, 6.07) is 1.42. The second-order valence-electron chi connectivity index (χ2n) is 6.80. The van der Waals surface area contributed by atoms with Gasteiger partial charge in [-0.05, 0) is 40.2 Å². The molecule has 0 aromatic carbocycles. The summed E-state index contributed by atoms with van der Waals surface area (Å²) in [7, 11) is 3.11. The van der Waals surface area contributed by atoms with Crippen LogP contribution in [0.4, 0.5) is 5.69 Å². The number of carbonyl (C=O) groups is 2. The summed E-state index contributed by atoms with van der Waals surface area (Å²) < 4.78 is 4.87. The maximum Gasteiger partial charge on any atom is 0.350 e. The van der Waals surface area contributed by atoms with E-state index in [1.54, 1.807) is 11.9 Å². The zero-order chi connectivity index (χ0) is 19.2. The number of hydrogen-bond donors (Lipinski definition) is 1. The number of hydrogen-bond acceptors (Lipinski definition) is 5. The number of nitrogens with zero attached hydrogens (tertiary/aromatic N) is 1. The Morgan fingerprint density at radius 3 is 2.48 bits per heavy atom. The van der Waals surface area contributed by atoms with E-state index < -0.39 is 12.0 Å². The fraction of sp³-hybridized carbons (Fsp3) is 0.579. The van der Waals surface area contributed by atoms with Crippen LogP contribution in [0.2, 0.25) is 0 Å². The largest absolute Gasteiger partial charge is 0.465 e. The lowest BCUT2D eigenvalue weighted by atomic mass is 9.98. The van der Waals surface area contributed by atoms with Crippen LogP contribution in [0.1, 0.15) is 55.6 Å². The molecule has 0 saturated carbocycles. The number of anilines is 1. The molecule has 1 amide bonds. The first-order valence-electron chi connectivity index (χ1n) is 8.39. The van der Waals surface area contributed by atoms with E-state index in [9.17, 15) is 9.59 Å². The van der Waals surface area contributed by atoms with E-state index in [0.717, 1.165) is 4.88 Å². The van der Waals surface area contributed by atoms with E-state index >= 15 is 0 Å². The van der Waals surface area contributed by atoms with Crippen LogP contribution < -0.4 is 5.32 Å². The summed E-state index contributed by atoms with van der Waals surface area (Å²) in [5.41, 5.74) is 0.467. The third kappa shape index (κ3) is 6.09. The first kappa shape index (κ1) is 21.0. The first-order chi connectivity index (χ1) is 11.6. The molecule has 5 nitrogen and oxygen atoms in total. The molecule has 1 aromatic heterocycles. The second kappa shape index (κ2) is 8.91. The fourth-order valence-corrected chi connectivity index (χ4v) is 2.89. The van der Waals surface area contributed by atoms with Crippen molar-refractivity contribution in [2.75, 3.05) is 26.0 Å². The van der Waals surface area contributed by atoms with Crippen LogP contribution >= 0.6 is 11.3 Å². The topological polar surface area (TPSA) is 58.6 Å². The summed E-state index contributed by atoms with van der Waals surface area (Å²) in [6.07, 6.45) is 0.614. The van der Waals surface area contributed by atoms with Crippen molar-refractivity contribution in [3.8, 4) is 11.8 Å². The van der Waals surface area contributed by atoms with E-state index in [4.69, 9.17) is 4.74 Å². The lowest BCUT2D eigenvalue weighted by molar-refractivity contribution is -0.130. The number of esters is 1. The van der Waals surface area contributed by atoms with Gasteiger partial charge < -0.3 is 15.0 Å². The zero-order valence-electron chi connectivity index (χ0n) is 16.1. The molecule has 1 heterocycles. The maximum absolute atomic E-state index is 12.4. The van der Waals surface area contributed by atoms with Gasteiger partial charge in [-0.1, -0.05) is 18.8 Å². The van der Waals surface area contributed by atoms with Gasteiger partial charge in [0, 0.05) is 19.0 Å². The molecular formula is C19H28N2O3S. The monoisotopic (exact) mass is 364 g/mol. The minimum absolute atomic E-state index is 0.00524. The summed E-state index contributed by atoms with van der Waals surface area (Å²) in [4.78, 5) is 27.4. The van der Waals surface area contributed by atoms with Crippen LogP contribution in [0.25, 0.3) is 0 Å². The van der Waals surface area contributed by atoms with Crippen LogP contribution in [0, 0.1) is 17.3 Å². The Balaban J connectivity index is 3.18. The standard InChI is InChI=1S/C19H28N2O3S/c1-8-14(17(22)21(6)9-2)20-15-12-13(10-11-19(3,4)5)25-16(15)18(23)24-7/h12,14,20H,8-9H2,1-7H3/t14-/m0/s1. The van der Waals surface area contributed by atoms with Gasteiger partial charge in [0.15, 0.2) is 0 Å². The number of ether oxygens (including phenoxy) is 1. The van der Waals surface area contributed by atoms with Crippen LogP contribution in [0.5, 0.6) is 0 Å². The van der Waals surface area contributed by atoms with Gasteiger partial charge in [-0.3, -0.25) is 4.79 Å². The van der Waals surface area contributed by atoms with Gasteiger partial charge in [0.25, 0.3) is 0 Å². The lowest BCUT2D eigenvalue weighted by Gasteiger charge is -2.23. The molecule has 1 rings (SSSR count). The molecule has 0 spiro atoms. The highest BCUT2D eigenvalue weighted by Gasteiger charge is 2.24. The van der Waals surface area contributed by atoms with Gasteiger partial charge in [0.2, 0.25) is 5.91 Å². The van der Waals surface area contributed by atoms with Gasteiger partial charge >= 0.3 is 5.97 Å². The molecule has 6 heteroatoms. The third-order valence-electron chi connectivity index (χ3n) is 3.55. The van der Waals surface area contributed by atoms with Gasteiger partial charge in [0.1, 0.15) is 10.9 Å². The van der Waals surface area contributed by atoms with E-state index in [1.807, 2.05) is 40.7 Å². The average Bonchev–Trinajstić information content (AvgIpc) is 2.98. The van der Waals surface area contributed by atoms with Gasteiger partial charge in [-0.2, -0.15) is 0 Å². The van der Waals surface area contributed by atoms with Crippen LogP contribution in [0.15, 0.2) is 6.07 Å². The minimum Gasteiger partial charge on any atom is -0.465 e. The molecule has 1 atom stereocenters. The fourth-order valence-electron chi connectivity index (χ4n) is 2.00. The average molecular weight is 365 g/mol. The highest BCUT2D eigenvalue weighted by molar-refractivity contribution is 7.15. The van der Waals surface area contributed by atoms with Crippen molar-refractivity contribution in [3.05, 3.63) is 15.8 Å². The smallest absolute Gasteiger partial charge is 0.350 e. The number of rotatable bonds is 6. The Hall–Kier alpha value is -2.00. The molecule has 0 saturated heterocycles. The Labute approximate surface area is 154 Å². The molecular weight excluding hydrogens is 336 g/mol. The van der Waals surface area contributed by atoms with Crippen molar-refractivity contribution in [1.29, 1.82) is 0 Å². The SMILES string of the molecule is CC[C@H](Nc1cc(C#CC(C)(C)C)sc1C(=O)OC)C(=O)N(C)CC. The zero-order valence-corrected chi connectivity index (χ0v) is 17.0. The molecule has 0 aliphatic heterocycles. The normalized spacial score (nSPS) is 12.0. The summed E-state index contributed by atoms with van der Waals surface area (Å²) >= 11 is 1.28. The van der Waals surface area contributed by atoms with Crippen LogP contribution in [-0.2, 0) is 9.53 Å². The molecule has 0 bridgehead atoms. The van der Waals surface area contributed by atoms with E-state index in [-0.39, 0.29) is 11.3 Å². The predicted octanol–water partition coefficient (Wildman–Crippen LogP) is 3.60. The summed E-state index contributed by atoms with van der Waals surface area (Å²) in [5.74, 6) is 5.83. The highest BCUT2D eigenvalue weighted by atomic mass is 32.1. The van der Waals surface area contributed by atoms with Crippen molar-refractivity contribution >= 4 is 28.9 Å².